The number of nitro benzene ring substituents is 1. The van der Waals surface area contributed by atoms with Crippen LogP contribution in [0.15, 0.2) is 54.6 Å². The SMILES string of the molecule is CN([C@@H](Cc1ccccc1)C(=O)Oc1ccc([N+](=O)[O-])cc1)S(=O)[O-]. The molecule has 2 atom stereocenters. The zero-order chi connectivity index (χ0) is 18.4. The maximum atomic E-state index is 12.4. The number of carbonyl (C=O) groups is 1. The van der Waals surface area contributed by atoms with Gasteiger partial charge in [-0.15, -0.1) is 0 Å². The van der Waals surface area contributed by atoms with Gasteiger partial charge in [0, 0.05) is 23.4 Å². The Kier molecular flexibility index (Phi) is 6.34. The van der Waals surface area contributed by atoms with E-state index in [0.717, 1.165) is 9.87 Å². The second-order valence-corrected chi connectivity index (χ2v) is 6.15. The minimum Gasteiger partial charge on any atom is -0.760 e. The highest BCUT2D eigenvalue weighted by molar-refractivity contribution is 7.76. The molecule has 0 amide bonds. The lowest BCUT2D eigenvalue weighted by molar-refractivity contribution is -0.384. The minimum atomic E-state index is -2.61. The second kappa shape index (κ2) is 8.47. The summed E-state index contributed by atoms with van der Waals surface area (Å²) in [6.07, 6.45) is 0.136. The smallest absolute Gasteiger partial charge is 0.330 e. The molecule has 2 aromatic carbocycles. The monoisotopic (exact) mass is 363 g/mol. The molecule has 0 saturated heterocycles. The Labute approximate surface area is 146 Å². The van der Waals surface area contributed by atoms with Crippen LogP contribution >= 0.6 is 0 Å². The highest BCUT2D eigenvalue weighted by Crippen LogP contribution is 2.19. The third-order valence-corrected chi connectivity index (χ3v) is 4.21. The molecule has 25 heavy (non-hydrogen) atoms. The lowest BCUT2D eigenvalue weighted by atomic mass is 10.1. The standard InChI is InChI=1S/C16H16N2O6S/c1-17(25(22)23)15(11-12-5-3-2-4-6-12)16(19)24-14-9-7-13(8-10-14)18(20)21/h2-10,15H,11H2,1H3,(H,22,23)/p-1/t15-/m0/s1. The Hall–Kier alpha value is -2.62. The lowest BCUT2D eigenvalue weighted by Crippen LogP contribution is -2.43. The van der Waals surface area contributed by atoms with Crippen molar-refractivity contribution in [1.29, 1.82) is 0 Å². The van der Waals surface area contributed by atoms with Gasteiger partial charge in [0.05, 0.1) is 4.92 Å². The van der Waals surface area contributed by atoms with E-state index in [1.165, 1.54) is 31.3 Å². The number of nitrogens with zero attached hydrogens (tertiary/aromatic N) is 2. The largest absolute Gasteiger partial charge is 0.760 e. The molecule has 0 aliphatic rings. The first-order valence-corrected chi connectivity index (χ1v) is 8.24. The second-order valence-electron chi connectivity index (χ2n) is 5.14. The summed E-state index contributed by atoms with van der Waals surface area (Å²) >= 11 is -2.61. The minimum absolute atomic E-state index is 0.0961. The molecule has 0 aliphatic carbocycles. The molecule has 0 spiro atoms. The number of likely N-dealkylation sites (N-methyl/N-ethyl adjacent to an activating group) is 1. The summed E-state index contributed by atoms with van der Waals surface area (Å²) < 4.78 is 28.6. The van der Waals surface area contributed by atoms with Gasteiger partial charge >= 0.3 is 5.97 Å². The number of hydrogen-bond donors (Lipinski definition) is 0. The van der Waals surface area contributed by atoms with Crippen molar-refractivity contribution in [3.8, 4) is 5.75 Å². The molecule has 0 bridgehead atoms. The van der Waals surface area contributed by atoms with Gasteiger partial charge in [-0.05, 0) is 31.2 Å². The van der Waals surface area contributed by atoms with Gasteiger partial charge in [-0.3, -0.25) is 14.3 Å². The topological polar surface area (TPSA) is 113 Å². The average molecular weight is 363 g/mol. The number of rotatable bonds is 7. The van der Waals surface area contributed by atoms with E-state index in [0.29, 0.717) is 0 Å². The maximum Gasteiger partial charge on any atom is 0.330 e. The summed E-state index contributed by atoms with van der Waals surface area (Å²) in [7, 11) is 1.27. The van der Waals surface area contributed by atoms with Crippen molar-refractivity contribution < 1.29 is 23.2 Å². The predicted octanol–water partition coefficient (Wildman–Crippen LogP) is 1.84. The Morgan fingerprint density at radius 2 is 1.80 bits per heavy atom. The molecule has 132 valence electrons. The van der Waals surface area contributed by atoms with E-state index in [1.807, 2.05) is 6.07 Å². The molecule has 9 heteroatoms. The van der Waals surface area contributed by atoms with E-state index in [2.05, 4.69) is 0 Å². The molecule has 0 radical (unpaired) electrons. The molecule has 0 fully saturated rings. The van der Waals surface area contributed by atoms with Gasteiger partial charge in [-0.1, -0.05) is 30.3 Å². The van der Waals surface area contributed by atoms with Crippen LogP contribution in [0.2, 0.25) is 0 Å². The van der Waals surface area contributed by atoms with Gasteiger partial charge in [0.2, 0.25) is 0 Å². The van der Waals surface area contributed by atoms with Crippen molar-refractivity contribution in [1.82, 2.24) is 4.31 Å². The fourth-order valence-corrected chi connectivity index (χ4v) is 2.49. The summed E-state index contributed by atoms with van der Waals surface area (Å²) in [5.41, 5.74) is 0.629. The Morgan fingerprint density at radius 3 is 2.32 bits per heavy atom. The molecule has 2 aromatic rings. The van der Waals surface area contributed by atoms with Crippen LogP contribution < -0.4 is 4.74 Å². The van der Waals surface area contributed by atoms with Crippen molar-refractivity contribution in [2.45, 2.75) is 12.5 Å². The van der Waals surface area contributed by atoms with Gasteiger partial charge in [-0.2, -0.15) is 0 Å². The molecule has 0 aromatic heterocycles. The van der Waals surface area contributed by atoms with Crippen LogP contribution in [0, 0.1) is 10.1 Å². The molecule has 0 heterocycles. The third kappa shape index (κ3) is 5.18. The molecular formula is C16H15N2O6S-. The summed E-state index contributed by atoms with van der Waals surface area (Å²) in [5.74, 6) is -0.678. The van der Waals surface area contributed by atoms with Crippen LogP contribution in [0.3, 0.4) is 0 Å². The van der Waals surface area contributed by atoms with Gasteiger partial charge in [-0.25, -0.2) is 9.10 Å². The highest BCUT2D eigenvalue weighted by atomic mass is 32.2. The van der Waals surface area contributed by atoms with E-state index in [1.54, 1.807) is 24.3 Å². The predicted molar refractivity (Wildman–Crippen MR) is 89.3 cm³/mol. The van der Waals surface area contributed by atoms with Gasteiger partial charge in [0.25, 0.3) is 5.69 Å². The van der Waals surface area contributed by atoms with E-state index < -0.39 is 28.2 Å². The quantitative estimate of drug-likeness (QED) is 0.244. The van der Waals surface area contributed by atoms with Gasteiger partial charge in [0.1, 0.15) is 11.8 Å². The normalized spacial score (nSPS) is 13.2. The fraction of sp³-hybridized carbons (Fsp3) is 0.188. The number of ether oxygens (including phenoxy) is 1. The molecule has 0 saturated carbocycles. The van der Waals surface area contributed by atoms with Crippen molar-refractivity contribution in [2.75, 3.05) is 7.05 Å². The van der Waals surface area contributed by atoms with Crippen molar-refractivity contribution in [3.63, 3.8) is 0 Å². The first kappa shape index (κ1) is 18.7. The van der Waals surface area contributed by atoms with E-state index in [4.69, 9.17) is 4.74 Å². The lowest BCUT2D eigenvalue weighted by Gasteiger charge is -2.27. The zero-order valence-electron chi connectivity index (χ0n) is 13.2. The number of nitro groups is 1. The Balaban J connectivity index is 2.16. The molecule has 1 unspecified atom stereocenters. The number of carbonyl (C=O) groups excluding carboxylic acids is 1. The van der Waals surface area contributed by atoms with Crippen LogP contribution in [0.25, 0.3) is 0 Å². The number of non-ortho nitro benzene ring substituents is 1. The molecule has 0 N–H and O–H groups in total. The van der Waals surface area contributed by atoms with Crippen molar-refractivity contribution in [2.24, 2.45) is 0 Å². The van der Waals surface area contributed by atoms with E-state index in [-0.39, 0.29) is 17.9 Å². The molecule has 0 aliphatic heterocycles. The Morgan fingerprint density at radius 1 is 1.20 bits per heavy atom. The molecule has 2 rings (SSSR count). The molecule has 8 nitrogen and oxygen atoms in total. The van der Waals surface area contributed by atoms with E-state index in [9.17, 15) is 23.7 Å². The van der Waals surface area contributed by atoms with Crippen LogP contribution in [0.4, 0.5) is 5.69 Å². The van der Waals surface area contributed by atoms with Crippen LogP contribution in [0.1, 0.15) is 5.56 Å². The third-order valence-electron chi connectivity index (χ3n) is 3.48. The summed E-state index contributed by atoms with van der Waals surface area (Å²) in [5, 5.41) is 10.6. The maximum absolute atomic E-state index is 12.4. The van der Waals surface area contributed by atoms with Gasteiger partial charge < -0.3 is 9.29 Å². The number of hydrogen-bond acceptors (Lipinski definition) is 6. The number of benzene rings is 2. The van der Waals surface area contributed by atoms with Gasteiger partial charge in [0.15, 0.2) is 0 Å². The fourth-order valence-electron chi connectivity index (χ4n) is 2.12. The van der Waals surface area contributed by atoms with Crippen LogP contribution in [0.5, 0.6) is 5.75 Å². The summed E-state index contributed by atoms with van der Waals surface area (Å²) in [6.45, 7) is 0. The van der Waals surface area contributed by atoms with Crippen LogP contribution in [-0.4, -0.2) is 37.0 Å². The first-order chi connectivity index (χ1) is 11.9. The summed E-state index contributed by atoms with van der Waals surface area (Å²) in [6, 6.07) is 12.8. The Bertz CT molecular complexity index is 766. The van der Waals surface area contributed by atoms with Crippen molar-refractivity contribution >= 4 is 22.9 Å². The number of esters is 1. The summed E-state index contributed by atoms with van der Waals surface area (Å²) in [4.78, 5) is 22.5. The van der Waals surface area contributed by atoms with Crippen LogP contribution in [-0.2, 0) is 22.5 Å². The highest BCUT2D eigenvalue weighted by Gasteiger charge is 2.26. The first-order valence-electron chi connectivity index (χ1n) is 7.20. The zero-order valence-corrected chi connectivity index (χ0v) is 14.0. The average Bonchev–Trinajstić information content (AvgIpc) is 2.60. The van der Waals surface area contributed by atoms with E-state index >= 15 is 0 Å². The van der Waals surface area contributed by atoms with Crippen molar-refractivity contribution in [3.05, 3.63) is 70.3 Å². The molecular weight excluding hydrogens is 348 g/mol.